The van der Waals surface area contributed by atoms with E-state index >= 15 is 0 Å². The van der Waals surface area contributed by atoms with Crippen molar-refractivity contribution in [3.05, 3.63) is 6.66 Å². The predicted molar refractivity (Wildman–Crippen MR) is 186 cm³/mol. The lowest BCUT2D eigenvalue weighted by Gasteiger charge is -2.33. The van der Waals surface area contributed by atoms with E-state index in [1.165, 1.54) is 167 Å². The van der Waals surface area contributed by atoms with Gasteiger partial charge in [0.05, 0.1) is 14.0 Å². The third-order valence-electron chi connectivity index (χ3n) is 8.33. The van der Waals surface area contributed by atoms with Gasteiger partial charge in [-0.2, -0.15) is 0 Å². The van der Waals surface area contributed by atoms with E-state index in [0.29, 0.717) is 13.2 Å². The normalized spacial score (nSPS) is 13.1. The van der Waals surface area contributed by atoms with Crippen LogP contribution in [0.5, 0.6) is 0 Å². The minimum Gasteiger partial charge on any atom is -0.396 e. The topological polar surface area (TPSA) is 46.5 Å². The summed E-state index contributed by atoms with van der Waals surface area (Å²) in [7, 11) is -2.71. The van der Waals surface area contributed by atoms with E-state index < -0.39 is 7.37 Å². The van der Waals surface area contributed by atoms with Crippen molar-refractivity contribution in [3.63, 3.8) is 0 Å². The van der Waals surface area contributed by atoms with Crippen molar-refractivity contribution < 1.29 is 14.2 Å². The van der Waals surface area contributed by atoms with Crippen LogP contribution in [0, 0.1) is 6.66 Å². The molecule has 0 fully saturated rings. The second-order valence-electron chi connectivity index (χ2n) is 13.6. The van der Waals surface area contributed by atoms with Gasteiger partial charge in [0.25, 0.3) is 0 Å². The van der Waals surface area contributed by atoms with E-state index in [-0.39, 0.29) is 5.16 Å². The average molecular weight is 602 g/mol. The van der Waals surface area contributed by atoms with Gasteiger partial charge in [0, 0.05) is 11.8 Å². The van der Waals surface area contributed by atoms with Gasteiger partial charge in [-0.3, -0.25) is 6.66 Å². The van der Waals surface area contributed by atoms with E-state index in [4.69, 9.17) is 9.63 Å². The Balaban J connectivity index is 0. The Hall–Kier alpha value is 0.150. The van der Waals surface area contributed by atoms with Crippen LogP contribution in [0.3, 0.4) is 0 Å². The van der Waals surface area contributed by atoms with Gasteiger partial charge < -0.3 is 14.2 Å². The molecular weight excluding hydrogens is 523 g/mol. The maximum absolute atomic E-state index is 12.2. The first-order chi connectivity index (χ1) is 19.7. The van der Waals surface area contributed by atoms with E-state index in [1.54, 1.807) is 0 Å². The Labute approximate surface area is 260 Å². The Morgan fingerprint density at radius 1 is 0.488 bits per heavy atom. The van der Waals surface area contributed by atoms with Crippen molar-refractivity contribution in [1.82, 2.24) is 0 Å². The van der Waals surface area contributed by atoms with Crippen molar-refractivity contribution in [2.75, 3.05) is 13.2 Å². The number of aliphatic hydroxyl groups is 1. The van der Waals surface area contributed by atoms with Crippen LogP contribution in [-0.2, 0) is 9.09 Å². The van der Waals surface area contributed by atoms with Crippen molar-refractivity contribution >= 4 is 7.37 Å². The number of aliphatic hydroxyl groups excluding tert-OH is 1. The highest BCUT2D eigenvalue weighted by Crippen LogP contribution is 2.57. The van der Waals surface area contributed by atoms with Crippen LogP contribution in [0.2, 0.25) is 0 Å². The largest absolute Gasteiger partial charge is 0.396 e. The van der Waals surface area contributed by atoms with Gasteiger partial charge in [0.2, 0.25) is 0 Å². The Morgan fingerprint density at radius 2 is 0.732 bits per heavy atom. The molecule has 1 atom stereocenters. The van der Waals surface area contributed by atoms with Gasteiger partial charge in [-0.1, -0.05) is 202 Å². The molecular formula is C37H78O3P-. The highest BCUT2D eigenvalue weighted by molar-refractivity contribution is 7.61. The van der Waals surface area contributed by atoms with Gasteiger partial charge in [-0.25, -0.2) is 0 Å². The Kier molecular flexibility index (Phi) is 34.9. The lowest BCUT2D eigenvalue weighted by molar-refractivity contribution is 0.282. The molecule has 0 bridgehead atoms. The van der Waals surface area contributed by atoms with Gasteiger partial charge in [0.15, 0.2) is 0 Å². The van der Waals surface area contributed by atoms with E-state index in [1.807, 2.05) is 20.8 Å². The number of rotatable bonds is 30. The summed E-state index contributed by atoms with van der Waals surface area (Å²) in [4.78, 5) is 0. The van der Waals surface area contributed by atoms with Crippen LogP contribution in [0.25, 0.3) is 0 Å². The molecule has 41 heavy (non-hydrogen) atoms. The van der Waals surface area contributed by atoms with Gasteiger partial charge in [-0.05, 0) is 12.8 Å². The first-order valence-corrected chi connectivity index (χ1v) is 20.2. The predicted octanol–water partition coefficient (Wildman–Crippen LogP) is 13.8. The maximum atomic E-state index is 12.2. The number of hydrogen-bond acceptors (Lipinski definition) is 3. The molecule has 0 saturated carbocycles. The molecule has 0 saturated heterocycles. The summed E-state index contributed by atoms with van der Waals surface area (Å²) < 4.78 is 17.8. The van der Waals surface area contributed by atoms with Crippen LogP contribution in [-0.4, -0.2) is 23.5 Å². The zero-order chi connectivity index (χ0) is 30.9. The molecule has 3 nitrogen and oxygen atoms in total. The zero-order valence-corrected chi connectivity index (χ0v) is 30.0. The summed E-state index contributed by atoms with van der Waals surface area (Å²) in [5.74, 6) is 0. The summed E-state index contributed by atoms with van der Waals surface area (Å²) in [6, 6.07) is 0. The van der Waals surface area contributed by atoms with Crippen LogP contribution in [0.4, 0.5) is 0 Å². The lowest BCUT2D eigenvalue weighted by Crippen LogP contribution is -2.15. The SMILES string of the molecule is CCCCCCCCCCCCCCCCO.[CH2-]P(=O)(OCCCCCCCCCCCCCCCC)C(C)(C)C. The second-order valence-corrected chi connectivity index (χ2v) is 16.5. The van der Waals surface area contributed by atoms with E-state index in [9.17, 15) is 4.57 Å². The molecule has 0 amide bonds. The molecule has 4 heteroatoms. The molecule has 0 aliphatic heterocycles. The first-order valence-electron chi connectivity index (χ1n) is 18.4. The standard InChI is InChI=1S/C21H44O2P.C16H34O/c1-6-7-8-9-10-11-12-13-14-15-16-17-18-19-20-23-24(5,22)21(2,3)4;1-2-3-4-5-6-7-8-9-10-11-12-13-14-15-16-17/h5-20H2,1-4H3;17H,2-16H2,1H3/q-1;. The van der Waals surface area contributed by atoms with E-state index in [2.05, 4.69) is 20.5 Å². The van der Waals surface area contributed by atoms with Crippen LogP contribution in [0.15, 0.2) is 0 Å². The highest BCUT2D eigenvalue weighted by atomic mass is 31.2. The zero-order valence-electron chi connectivity index (χ0n) is 29.1. The van der Waals surface area contributed by atoms with Gasteiger partial charge in [0.1, 0.15) is 0 Å². The van der Waals surface area contributed by atoms with Crippen LogP contribution >= 0.6 is 7.37 Å². The quantitative estimate of drug-likeness (QED) is 0.0506. The van der Waals surface area contributed by atoms with Crippen LogP contribution in [0.1, 0.15) is 214 Å². The molecule has 1 N–H and O–H groups in total. The fourth-order valence-electron chi connectivity index (χ4n) is 5.01. The molecule has 0 aliphatic carbocycles. The third-order valence-corrected chi connectivity index (χ3v) is 11.0. The maximum Gasteiger partial charge on any atom is 0.0704 e. The first kappa shape index (κ1) is 43.3. The molecule has 0 aromatic rings. The van der Waals surface area contributed by atoms with Gasteiger partial charge in [-0.15, -0.1) is 0 Å². The fourth-order valence-corrected chi connectivity index (χ4v) is 5.82. The molecule has 1 unspecified atom stereocenters. The molecule has 0 aliphatic rings. The third kappa shape index (κ3) is 34.5. The van der Waals surface area contributed by atoms with Crippen LogP contribution < -0.4 is 0 Å². The Morgan fingerprint density at radius 3 is 0.976 bits per heavy atom. The highest BCUT2D eigenvalue weighted by Gasteiger charge is 2.25. The monoisotopic (exact) mass is 602 g/mol. The minimum atomic E-state index is -2.71. The minimum absolute atomic E-state index is 0.344. The summed E-state index contributed by atoms with van der Waals surface area (Å²) in [6.07, 6.45) is 38.1. The molecule has 250 valence electrons. The molecule has 0 radical (unpaired) electrons. The molecule has 0 aromatic heterocycles. The second kappa shape index (κ2) is 33.1. The molecule has 0 spiro atoms. The molecule has 0 aromatic carbocycles. The summed E-state index contributed by atoms with van der Waals surface area (Å²) >= 11 is 0. The summed E-state index contributed by atoms with van der Waals surface area (Å²) in [5, 5.41) is 8.30. The smallest absolute Gasteiger partial charge is 0.0704 e. The Bertz CT molecular complexity index is 515. The van der Waals surface area contributed by atoms with Gasteiger partial charge >= 0.3 is 0 Å². The number of hydrogen-bond donors (Lipinski definition) is 1. The lowest BCUT2D eigenvalue weighted by atomic mass is 10.0. The van der Waals surface area contributed by atoms with Crippen molar-refractivity contribution in [2.45, 2.75) is 220 Å². The van der Waals surface area contributed by atoms with Crippen molar-refractivity contribution in [2.24, 2.45) is 0 Å². The molecule has 0 rings (SSSR count). The summed E-state index contributed by atoms with van der Waals surface area (Å²) in [5.41, 5.74) is 0. The van der Waals surface area contributed by atoms with E-state index in [0.717, 1.165) is 12.8 Å². The van der Waals surface area contributed by atoms with Crippen molar-refractivity contribution in [3.8, 4) is 0 Å². The average Bonchev–Trinajstić information content (AvgIpc) is 2.93. The fraction of sp³-hybridized carbons (Fsp3) is 0.973. The molecule has 0 heterocycles. The number of unbranched alkanes of at least 4 members (excludes halogenated alkanes) is 26. The van der Waals surface area contributed by atoms with Crippen molar-refractivity contribution in [1.29, 1.82) is 0 Å². The summed E-state index contributed by atoms with van der Waals surface area (Å²) in [6.45, 7) is 15.1.